The highest BCUT2D eigenvalue weighted by atomic mass is 16.6. The van der Waals surface area contributed by atoms with E-state index in [1.165, 1.54) is 0 Å². The molecule has 3 unspecified atom stereocenters. The number of hydrogen-bond acceptors (Lipinski definition) is 5. The molecule has 0 aromatic carbocycles. The fraction of sp³-hybridized carbons (Fsp3) is 1.00. The van der Waals surface area contributed by atoms with Crippen molar-refractivity contribution in [1.82, 2.24) is 4.90 Å². The summed E-state index contributed by atoms with van der Waals surface area (Å²) in [6, 6.07) is -0.0858. The van der Waals surface area contributed by atoms with Crippen molar-refractivity contribution in [2.75, 3.05) is 20.6 Å². The lowest BCUT2D eigenvalue weighted by atomic mass is 9.99. The van der Waals surface area contributed by atoms with E-state index in [1.54, 1.807) is 0 Å². The molecule has 0 aromatic rings. The van der Waals surface area contributed by atoms with Crippen LogP contribution < -0.4 is 5.73 Å². The van der Waals surface area contributed by atoms with E-state index in [0.717, 1.165) is 0 Å². The molecule has 0 spiro atoms. The van der Waals surface area contributed by atoms with Crippen molar-refractivity contribution in [3.05, 3.63) is 0 Å². The first-order valence-corrected chi connectivity index (χ1v) is 4.44. The van der Waals surface area contributed by atoms with Crippen LogP contribution in [0.4, 0.5) is 0 Å². The molecule has 1 aliphatic heterocycles. The maximum absolute atomic E-state index is 9.56. The fourth-order valence-corrected chi connectivity index (χ4v) is 1.60. The molecule has 78 valence electrons. The SMILES string of the molecule is CN(C)C1CC(CN)O[C@@H](O)C1O. The number of hydrogen-bond donors (Lipinski definition) is 3. The zero-order valence-corrected chi connectivity index (χ0v) is 8.05. The number of ether oxygens (including phenoxy) is 1. The van der Waals surface area contributed by atoms with Gasteiger partial charge in [-0.05, 0) is 20.5 Å². The minimum absolute atomic E-state index is 0.0858. The minimum Gasteiger partial charge on any atom is -0.386 e. The first-order chi connectivity index (χ1) is 6.06. The van der Waals surface area contributed by atoms with Gasteiger partial charge in [0.1, 0.15) is 6.10 Å². The Balaban J connectivity index is 2.60. The zero-order chi connectivity index (χ0) is 10.0. The third-order valence-electron chi connectivity index (χ3n) is 2.45. The summed E-state index contributed by atoms with van der Waals surface area (Å²) in [5.41, 5.74) is 5.44. The Hall–Kier alpha value is -0.200. The molecule has 1 aliphatic rings. The molecule has 1 rings (SSSR count). The fourth-order valence-electron chi connectivity index (χ4n) is 1.60. The average molecular weight is 190 g/mol. The second-order valence-electron chi connectivity index (χ2n) is 3.64. The molecule has 0 bridgehead atoms. The van der Waals surface area contributed by atoms with Gasteiger partial charge in [-0.2, -0.15) is 0 Å². The summed E-state index contributed by atoms with van der Waals surface area (Å²) in [7, 11) is 3.72. The first kappa shape index (κ1) is 10.9. The highest BCUT2D eigenvalue weighted by Gasteiger charge is 2.36. The average Bonchev–Trinajstić information content (AvgIpc) is 2.09. The summed E-state index contributed by atoms with van der Waals surface area (Å²) >= 11 is 0. The number of aliphatic hydroxyl groups is 2. The topological polar surface area (TPSA) is 79.0 Å². The maximum atomic E-state index is 9.56. The van der Waals surface area contributed by atoms with E-state index in [1.807, 2.05) is 19.0 Å². The van der Waals surface area contributed by atoms with Gasteiger partial charge >= 0.3 is 0 Å². The van der Waals surface area contributed by atoms with E-state index in [0.29, 0.717) is 13.0 Å². The largest absolute Gasteiger partial charge is 0.386 e. The van der Waals surface area contributed by atoms with Gasteiger partial charge in [0.25, 0.3) is 0 Å². The van der Waals surface area contributed by atoms with Gasteiger partial charge in [-0.1, -0.05) is 0 Å². The Bertz CT molecular complexity index is 165. The molecule has 1 saturated heterocycles. The van der Waals surface area contributed by atoms with Crippen LogP contribution >= 0.6 is 0 Å². The minimum atomic E-state index is -1.12. The normalized spacial score (nSPS) is 41.1. The van der Waals surface area contributed by atoms with Gasteiger partial charge in [-0.3, -0.25) is 0 Å². The van der Waals surface area contributed by atoms with Crippen molar-refractivity contribution in [2.45, 2.75) is 31.0 Å². The monoisotopic (exact) mass is 190 g/mol. The molecule has 0 aliphatic carbocycles. The highest BCUT2D eigenvalue weighted by molar-refractivity contribution is 4.86. The van der Waals surface area contributed by atoms with Crippen LogP contribution in [0.2, 0.25) is 0 Å². The standard InChI is InChI=1S/C8H18N2O3/c1-10(2)6-3-5(4-9)13-8(12)7(6)11/h5-8,11-12H,3-4,9H2,1-2H3/t5?,6?,7?,8-/m1/s1. The predicted molar refractivity (Wildman–Crippen MR) is 48.0 cm³/mol. The van der Waals surface area contributed by atoms with E-state index in [9.17, 15) is 10.2 Å². The summed E-state index contributed by atoms with van der Waals surface area (Å²) < 4.78 is 5.08. The second-order valence-corrected chi connectivity index (χ2v) is 3.64. The molecular weight excluding hydrogens is 172 g/mol. The van der Waals surface area contributed by atoms with Crippen LogP contribution in [0.1, 0.15) is 6.42 Å². The molecule has 5 heteroatoms. The van der Waals surface area contributed by atoms with Crippen LogP contribution in [0.5, 0.6) is 0 Å². The van der Waals surface area contributed by atoms with Crippen LogP contribution in [0, 0.1) is 0 Å². The third kappa shape index (κ3) is 2.38. The van der Waals surface area contributed by atoms with Crippen molar-refractivity contribution in [3.63, 3.8) is 0 Å². The van der Waals surface area contributed by atoms with Gasteiger partial charge in [0, 0.05) is 12.6 Å². The summed E-state index contributed by atoms with van der Waals surface area (Å²) in [5, 5.41) is 18.9. The maximum Gasteiger partial charge on any atom is 0.182 e. The van der Waals surface area contributed by atoms with Crippen LogP contribution in [0.3, 0.4) is 0 Å². The summed E-state index contributed by atoms with van der Waals surface area (Å²) in [6.45, 7) is 0.369. The van der Waals surface area contributed by atoms with E-state index >= 15 is 0 Å². The van der Waals surface area contributed by atoms with Crippen LogP contribution in [0.25, 0.3) is 0 Å². The van der Waals surface area contributed by atoms with E-state index in [4.69, 9.17) is 10.5 Å². The van der Waals surface area contributed by atoms with Crippen LogP contribution in [-0.4, -0.2) is 60.3 Å². The molecule has 0 saturated carbocycles. The van der Waals surface area contributed by atoms with E-state index < -0.39 is 12.4 Å². The third-order valence-corrected chi connectivity index (χ3v) is 2.45. The van der Waals surface area contributed by atoms with Crippen molar-refractivity contribution >= 4 is 0 Å². The Kier molecular flexibility index (Phi) is 3.63. The molecule has 0 amide bonds. The molecule has 0 radical (unpaired) electrons. The van der Waals surface area contributed by atoms with Gasteiger partial charge in [0.05, 0.1) is 6.10 Å². The van der Waals surface area contributed by atoms with Gasteiger partial charge in [-0.15, -0.1) is 0 Å². The lowest BCUT2D eigenvalue weighted by Crippen LogP contribution is -2.55. The van der Waals surface area contributed by atoms with Gasteiger partial charge in [0.15, 0.2) is 6.29 Å². The van der Waals surface area contributed by atoms with E-state index in [-0.39, 0.29) is 12.1 Å². The Morgan fingerprint density at radius 3 is 2.54 bits per heavy atom. The predicted octanol–water partition coefficient (Wildman–Crippen LogP) is -1.66. The highest BCUT2D eigenvalue weighted by Crippen LogP contribution is 2.21. The quantitative estimate of drug-likeness (QED) is 0.486. The number of aliphatic hydroxyl groups excluding tert-OH is 2. The molecular formula is C8H18N2O3. The molecule has 5 nitrogen and oxygen atoms in total. The summed E-state index contributed by atoms with van der Waals surface area (Å²) in [5.74, 6) is 0. The molecule has 13 heavy (non-hydrogen) atoms. The van der Waals surface area contributed by atoms with Crippen molar-refractivity contribution in [2.24, 2.45) is 5.73 Å². The first-order valence-electron chi connectivity index (χ1n) is 4.44. The Morgan fingerprint density at radius 2 is 2.08 bits per heavy atom. The smallest absolute Gasteiger partial charge is 0.182 e. The number of nitrogens with two attached hydrogens (primary N) is 1. The van der Waals surface area contributed by atoms with Crippen molar-refractivity contribution in [1.29, 1.82) is 0 Å². The number of rotatable bonds is 2. The van der Waals surface area contributed by atoms with Crippen LogP contribution in [0.15, 0.2) is 0 Å². The Morgan fingerprint density at radius 1 is 1.46 bits per heavy atom. The van der Waals surface area contributed by atoms with Gasteiger partial charge < -0.3 is 25.6 Å². The van der Waals surface area contributed by atoms with E-state index in [2.05, 4.69) is 0 Å². The Labute approximate surface area is 78.1 Å². The van der Waals surface area contributed by atoms with Crippen molar-refractivity contribution < 1.29 is 14.9 Å². The van der Waals surface area contributed by atoms with Crippen LogP contribution in [-0.2, 0) is 4.74 Å². The molecule has 1 fully saturated rings. The number of likely N-dealkylation sites (N-methyl/N-ethyl adjacent to an activating group) is 1. The van der Waals surface area contributed by atoms with Crippen molar-refractivity contribution in [3.8, 4) is 0 Å². The number of nitrogens with zero attached hydrogens (tertiary/aromatic N) is 1. The molecule has 4 N–H and O–H groups in total. The lowest BCUT2D eigenvalue weighted by molar-refractivity contribution is -0.231. The summed E-state index contributed by atoms with van der Waals surface area (Å²) in [4.78, 5) is 1.87. The summed E-state index contributed by atoms with van der Waals surface area (Å²) in [6.07, 6.45) is -1.47. The lowest BCUT2D eigenvalue weighted by Gasteiger charge is -2.39. The molecule has 0 aromatic heterocycles. The second kappa shape index (κ2) is 4.34. The van der Waals surface area contributed by atoms with Gasteiger partial charge in [0.2, 0.25) is 0 Å². The zero-order valence-electron chi connectivity index (χ0n) is 8.05. The molecule has 1 heterocycles. The molecule has 4 atom stereocenters. The van der Waals surface area contributed by atoms with Gasteiger partial charge in [-0.25, -0.2) is 0 Å².